The number of amides is 1. The van der Waals surface area contributed by atoms with Gasteiger partial charge >= 0.3 is 0 Å². The number of nitrogens with two attached hydrogens (primary N) is 2. The van der Waals surface area contributed by atoms with Gasteiger partial charge in [-0.3, -0.25) is 15.2 Å². The van der Waals surface area contributed by atoms with Crippen molar-refractivity contribution in [2.45, 2.75) is 6.92 Å². The van der Waals surface area contributed by atoms with Crippen molar-refractivity contribution in [3.8, 4) is 0 Å². The predicted molar refractivity (Wildman–Crippen MR) is 67.6 cm³/mol. The van der Waals surface area contributed by atoms with Crippen LogP contribution in [0.1, 0.15) is 15.9 Å². The van der Waals surface area contributed by atoms with Crippen LogP contribution in [0.15, 0.2) is 18.3 Å². The molecule has 0 radical (unpaired) electrons. The lowest BCUT2D eigenvalue weighted by Gasteiger charge is -2.09. The Balaban J connectivity index is 2.77. The summed E-state index contributed by atoms with van der Waals surface area (Å²) >= 11 is 5.99. The van der Waals surface area contributed by atoms with Crippen LogP contribution in [0.4, 0.5) is 5.69 Å². The van der Waals surface area contributed by atoms with Gasteiger partial charge in [-0.05, 0) is 24.6 Å². The van der Waals surface area contributed by atoms with E-state index in [1.54, 1.807) is 12.1 Å². The van der Waals surface area contributed by atoms with Gasteiger partial charge in [-0.25, -0.2) is 5.84 Å². The summed E-state index contributed by atoms with van der Waals surface area (Å²) in [6.45, 7) is 1.85. The van der Waals surface area contributed by atoms with Crippen molar-refractivity contribution in [1.82, 2.24) is 10.4 Å². The largest absolute Gasteiger partial charge is 0.397 e. The molecular formula is C11H11ClN4O. The maximum atomic E-state index is 11.4. The normalized spacial score (nSPS) is 10.5. The molecule has 1 aromatic carbocycles. The minimum absolute atomic E-state index is 0.252. The van der Waals surface area contributed by atoms with E-state index in [2.05, 4.69) is 4.98 Å². The molecule has 0 spiro atoms. The molecular weight excluding hydrogens is 240 g/mol. The first-order chi connectivity index (χ1) is 8.06. The monoisotopic (exact) mass is 250 g/mol. The molecule has 88 valence electrons. The van der Waals surface area contributed by atoms with Crippen LogP contribution in [0, 0.1) is 6.92 Å². The summed E-state index contributed by atoms with van der Waals surface area (Å²) in [4.78, 5) is 15.6. The number of nitrogens with one attached hydrogen (secondary N) is 1. The smallest absolute Gasteiger partial charge is 0.268 e. The predicted octanol–water partition coefficient (Wildman–Crippen LogP) is 1.38. The number of carbonyl (C=O) groups is 1. The van der Waals surface area contributed by atoms with Crippen LogP contribution < -0.4 is 17.0 Å². The first-order valence-electron chi connectivity index (χ1n) is 4.90. The average Bonchev–Trinajstić information content (AvgIpc) is 2.33. The number of nitrogens with zero attached hydrogens (tertiary/aromatic N) is 1. The first kappa shape index (κ1) is 11.6. The van der Waals surface area contributed by atoms with Gasteiger partial charge in [0.25, 0.3) is 5.91 Å². The Morgan fingerprint density at radius 2 is 2.18 bits per heavy atom. The highest BCUT2D eigenvalue weighted by molar-refractivity contribution is 6.32. The molecule has 5 nitrogen and oxygen atoms in total. The molecule has 0 bridgehead atoms. The van der Waals surface area contributed by atoms with E-state index in [1.165, 1.54) is 6.20 Å². The molecule has 0 saturated heterocycles. The van der Waals surface area contributed by atoms with Crippen molar-refractivity contribution in [2.24, 2.45) is 5.84 Å². The van der Waals surface area contributed by atoms with E-state index >= 15 is 0 Å². The number of rotatable bonds is 1. The standard InChI is InChI=1S/C11H11ClN4O/c1-5-8(12)3-2-6-9(13)7(11(17)16-14)4-15-10(5)6/h2-4H,14H2,1H3,(H2,13,15)(H,16,17). The highest BCUT2D eigenvalue weighted by Gasteiger charge is 2.13. The Labute approximate surface area is 103 Å². The number of aryl methyl sites for hydroxylation is 1. The molecule has 2 aromatic rings. The third-order valence-corrected chi connectivity index (χ3v) is 3.05. The lowest BCUT2D eigenvalue weighted by Crippen LogP contribution is -2.30. The fourth-order valence-corrected chi connectivity index (χ4v) is 1.81. The van der Waals surface area contributed by atoms with E-state index in [0.717, 1.165) is 5.56 Å². The SMILES string of the molecule is Cc1c(Cl)ccc2c(N)c(C(=O)NN)cnc12. The topological polar surface area (TPSA) is 94.0 Å². The molecule has 2 rings (SSSR count). The minimum Gasteiger partial charge on any atom is -0.397 e. The van der Waals surface area contributed by atoms with Crippen molar-refractivity contribution in [3.05, 3.63) is 34.5 Å². The number of carbonyl (C=O) groups excluding carboxylic acids is 1. The van der Waals surface area contributed by atoms with Crippen LogP contribution in [0.3, 0.4) is 0 Å². The van der Waals surface area contributed by atoms with Crippen LogP contribution in [0.5, 0.6) is 0 Å². The molecule has 0 saturated carbocycles. The van der Waals surface area contributed by atoms with E-state index in [-0.39, 0.29) is 5.56 Å². The molecule has 0 aliphatic rings. The van der Waals surface area contributed by atoms with Crippen molar-refractivity contribution < 1.29 is 4.79 Å². The molecule has 6 heteroatoms. The number of hydrazine groups is 1. The first-order valence-corrected chi connectivity index (χ1v) is 5.28. The Hall–Kier alpha value is -1.85. The molecule has 17 heavy (non-hydrogen) atoms. The van der Waals surface area contributed by atoms with E-state index in [9.17, 15) is 4.79 Å². The summed E-state index contributed by atoms with van der Waals surface area (Å²) in [7, 11) is 0. The van der Waals surface area contributed by atoms with Gasteiger partial charge in [0.2, 0.25) is 0 Å². The number of hydrogen-bond donors (Lipinski definition) is 3. The van der Waals surface area contributed by atoms with Gasteiger partial charge in [-0.15, -0.1) is 0 Å². The van der Waals surface area contributed by atoms with E-state index in [1.807, 2.05) is 12.3 Å². The molecule has 1 aromatic heterocycles. The van der Waals surface area contributed by atoms with Crippen LogP contribution >= 0.6 is 11.6 Å². The average molecular weight is 251 g/mol. The van der Waals surface area contributed by atoms with Crippen molar-refractivity contribution in [2.75, 3.05) is 5.73 Å². The van der Waals surface area contributed by atoms with Crippen molar-refractivity contribution in [3.63, 3.8) is 0 Å². The number of benzene rings is 1. The molecule has 0 atom stereocenters. The lowest BCUT2D eigenvalue weighted by atomic mass is 10.1. The fraction of sp³-hybridized carbons (Fsp3) is 0.0909. The second-order valence-electron chi connectivity index (χ2n) is 3.63. The second-order valence-corrected chi connectivity index (χ2v) is 4.03. The van der Waals surface area contributed by atoms with Crippen LogP contribution in [0.25, 0.3) is 10.9 Å². The maximum Gasteiger partial charge on any atom is 0.268 e. The summed E-state index contributed by atoms with van der Waals surface area (Å²) in [6.07, 6.45) is 1.39. The number of fused-ring (bicyclic) bond motifs is 1. The number of anilines is 1. The van der Waals surface area contributed by atoms with Gasteiger partial charge in [0, 0.05) is 16.6 Å². The highest BCUT2D eigenvalue weighted by atomic mass is 35.5. The second kappa shape index (κ2) is 4.20. The van der Waals surface area contributed by atoms with Gasteiger partial charge < -0.3 is 5.73 Å². The Morgan fingerprint density at radius 3 is 2.82 bits per heavy atom. The zero-order valence-corrected chi connectivity index (χ0v) is 9.88. The number of aromatic nitrogens is 1. The molecule has 0 unspecified atom stereocenters. The summed E-state index contributed by atoms with van der Waals surface area (Å²) in [5.74, 6) is 4.60. The maximum absolute atomic E-state index is 11.4. The quantitative estimate of drug-likeness (QED) is 0.405. The molecule has 0 fully saturated rings. The Bertz CT molecular complexity index is 612. The fourth-order valence-electron chi connectivity index (χ4n) is 1.66. The van der Waals surface area contributed by atoms with E-state index in [4.69, 9.17) is 23.2 Å². The number of nitrogen functional groups attached to an aromatic ring is 2. The molecule has 0 aliphatic carbocycles. The van der Waals surface area contributed by atoms with Gasteiger partial charge in [-0.2, -0.15) is 0 Å². The Kier molecular flexibility index (Phi) is 2.87. The highest BCUT2D eigenvalue weighted by Crippen LogP contribution is 2.29. The van der Waals surface area contributed by atoms with Crippen molar-refractivity contribution >= 4 is 34.1 Å². The van der Waals surface area contributed by atoms with E-state index < -0.39 is 5.91 Å². The molecule has 1 heterocycles. The van der Waals surface area contributed by atoms with Gasteiger partial charge in [0.15, 0.2) is 0 Å². The van der Waals surface area contributed by atoms with Crippen LogP contribution in [-0.4, -0.2) is 10.9 Å². The zero-order valence-electron chi connectivity index (χ0n) is 9.12. The number of hydrogen-bond acceptors (Lipinski definition) is 4. The Morgan fingerprint density at radius 1 is 1.47 bits per heavy atom. The van der Waals surface area contributed by atoms with Gasteiger partial charge in [0.1, 0.15) is 0 Å². The lowest BCUT2D eigenvalue weighted by molar-refractivity contribution is 0.0954. The molecule has 0 aliphatic heterocycles. The third kappa shape index (κ3) is 1.79. The van der Waals surface area contributed by atoms with Gasteiger partial charge in [0.05, 0.1) is 16.8 Å². The van der Waals surface area contributed by atoms with Gasteiger partial charge in [-0.1, -0.05) is 11.6 Å². The molecule has 1 amide bonds. The summed E-state index contributed by atoms with van der Waals surface area (Å²) in [6, 6.07) is 3.46. The summed E-state index contributed by atoms with van der Waals surface area (Å²) in [5, 5.41) is 1.30. The van der Waals surface area contributed by atoms with Crippen LogP contribution in [0.2, 0.25) is 5.02 Å². The summed E-state index contributed by atoms with van der Waals surface area (Å²) < 4.78 is 0. The third-order valence-electron chi connectivity index (χ3n) is 2.64. The molecule has 5 N–H and O–H groups in total. The van der Waals surface area contributed by atoms with E-state index in [0.29, 0.717) is 21.6 Å². The van der Waals surface area contributed by atoms with Crippen LogP contribution in [-0.2, 0) is 0 Å². The number of halogens is 1. The minimum atomic E-state index is -0.468. The zero-order chi connectivity index (χ0) is 12.6. The summed E-state index contributed by atoms with van der Waals surface area (Å²) in [5.41, 5.74) is 10.1. The number of pyridine rings is 1. The van der Waals surface area contributed by atoms with Crippen molar-refractivity contribution in [1.29, 1.82) is 0 Å².